The largest absolute Gasteiger partial charge is 0.457 e. The van der Waals surface area contributed by atoms with Crippen LogP contribution in [0.5, 0.6) is 0 Å². The van der Waals surface area contributed by atoms with E-state index < -0.39 is 24.5 Å². The number of piperidine rings is 1. The third-order valence-corrected chi connectivity index (χ3v) is 10.0. The number of ether oxygens (including phenoxy) is 3. The molecule has 0 radical (unpaired) electrons. The monoisotopic (exact) mass is 697 g/mol. The number of nitrogens with zero attached hydrogens (tertiary/aromatic N) is 7. The van der Waals surface area contributed by atoms with Gasteiger partial charge in [-0.15, -0.1) is 10.2 Å². The van der Waals surface area contributed by atoms with Crippen LogP contribution in [0.3, 0.4) is 0 Å². The number of fused-ring (bicyclic) bond motifs is 1. The maximum Gasteiger partial charge on any atom is 0.293 e. The normalized spacial score (nSPS) is 20.9. The van der Waals surface area contributed by atoms with E-state index in [1.165, 1.54) is 30.6 Å². The summed E-state index contributed by atoms with van der Waals surface area (Å²) < 4.78 is 19.1. The fraction of sp³-hybridized carbons (Fsp3) is 0.400. The van der Waals surface area contributed by atoms with Crippen molar-refractivity contribution < 1.29 is 23.8 Å². The SMILES string of the molecule is Cc1nnc([C@H]2O[C@@H](n3cnc4c(NCC(c5ccccc5)c5ccccc5)nc(NCCN5CCCCC5)nc43)[C@H](OC=O)[C@@H]2OC=O)s1. The highest BCUT2D eigenvalue weighted by molar-refractivity contribution is 7.11. The van der Waals surface area contributed by atoms with E-state index in [4.69, 9.17) is 29.2 Å². The molecule has 2 aliphatic heterocycles. The van der Waals surface area contributed by atoms with Crippen molar-refractivity contribution in [3.8, 4) is 0 Å². The van der Waals surface area contributed by atoms with E-state index in [-0.39, 0.29) is 5.92 Å². The maximum absolute atomic E-state index is 11.8. The van der Waals surface area contributed by atoms with E-state index in [1.54, 1.807) is 10.9 Å². The van der Waals surface area contributed by atoms with Crippen molar-refractivity contribution in [2.75, 3.05) is 43.4 Å². The molecule has 2 aromatic carbocycles. The number of aromatic nitrogens is 6. The minimum atomic E-state index is -1.02. The van der Waals surface area contributed by atoms with Gasteiger partial charge in [-0.1, -0.05) is 78.4 Å². The zero-order valence-corrected chi connectivity index (χ0v) is 28.4. The van der Waals surface area contributed by atoms with Crippen molar-refractivity contribution in [1.82, 2.24) is 34.6 Å². The van der Waals surface area contributed by atoms with Crippen LogP contribution in [0.1, 0.15) is 58.7 Å². The topological polar surface area (TPSA) is 159 Å². The lowest BCUT2D eigenvalue weighted by atomic mass is 9.91. The first-order chi connectivity index (χ1) is 24.6. The van der Waals surface area contributed by atoms with Crippen LogP contribution in [0.15, 0.2) is 67.0 Å². The molecule has 4 atom stereocenters. The van der Waals surface area contributed by atoms with Crippen molar-refractivity contribution in [3.05, 3.63) is 88.1 Å². The molecule has 50 heavy (non-hydrogen) atoms. The van der Waals surface area contributed by atoms with Crippen LogP contribution in [0.25, 0.3) is 11.2 Å². The van der Waals surface area contributed by atoms with E-state index >= 15 is 0 Å². The van der Waals surface area contributed by atoms with E-state index in [0.29, 0.717) is 59.0 Å². The number of carbonyl (C=O) groups is 2. The summed E-state index contributed by atoms with van der Waals surface area (Å²) in [4.78, 5) is 40.3. The molecular weight excluding hydrogens is 659 g/mol. The number of anilines is 2. The second-order valence-corrected chi connectivity index (χ2v) is 13.5. The lowest BCUT2D eigenvalue weighted by molar-refractivity contribution is -0.151. The van der Waals surface area contributed by atoms with Crippen LogP contribution in [0, 0.1) is 6.92 Å². The van der Waals surface area contributed by atoms with E-state index in [0.717, 1.165) is 30.8 Å². The number of aryl methyl sites for hydroxylation is 1. The van der Waals surface area contributed by atoms with E-state index in [2.05, 4.69) is 50.0 Å². The Hall–Kier alpha value is -4.99. The first-order valence-corrected chi connectivity index (χ1v) is 17.6. The summed E-state index contributed by atoms with van der Waals surface area (Å²) in [6.45, 7) is 6.66. The number of carbonyl (C=O) groups excluding carboxylic acids is 2. The number of rotatable bonds is 15. The Morgan fingerprint density at radius 2 is 1.62 bits per heavy atom. The number of benzene rings is 2. The van der Waals surface area contributed by atoms with Gasteiger partial charge in [-0.05, 0) is 44.0 Å². The molecule has 2 saturated heterocycles. The predicted octanol–water partition coefficient (Wildman–Crippen LogP) is 4.48. The minimum absolute atomic E-state index is 0.0286. The average molecular weight is 698 g/mol. The molecule has 5 aromatic rings. The Kier molecular flexibility index (Phi) is 10.5. The van der Waals surface area contributed by atoms with Crippen molar-refractivity contribution in [3.63, 3.8) is 0 Å². The van der Waals surface area contributed by atoms with Crippen molar-refractivity contribution in [2.45, 2.75) is 56.6 Å². The summed E-state index contributed by atoms with van der Waals surface area (Å²) in [5, 5.41) is 16.5. The Labute approximate surface area is 293 Å². The summed E-state index contributed by atoms with van der Waals surface area (Å²) in [7, 11) is 0. The van der Waals surface area contributed by atoms with Gasteiger partial charge in [-0.2, -0.15) is 9.97 Å². The van der Waals surface area contributed by atoms with Gasteiger partial charge in [0.1, 0.15) is 5.01 Å². The van der Waals surface area contributed by atoms with Crippen molar-refractivity contribution in [1.29, 1.82) is 0 Å². The zero-order valence-electron chi connectivity index (χ0n) is 27.6. The molecule has 2 N–H and O–H groups in total. The van der Waals surface area contributed by atoms with Crippen LogP contribution in [-0.2, 0) is 23.8 Å². The maximum atomic E-state index is 11.8. The fourth-order valence-electron chi connectivity index (χ4n) is 6.72. The lowest BCUT2D eigenvalue weighted by Crippen LogP contribution is -2.34. The van der Waals surface area contributed by atoms with Gasteiger partial charge in [0, 0.05) is 25.6 Å². The molecule has 0 amide bonds. The van der Waals surface area contributed by atoms with Crippen LogP contribution in [0.2, 0.25) is 0 Å². The van der Waals surface area contributed by atoms with Gasteiger partial charge in [0.05, 0.1) is 6.33 Å². The van der Waals surface area contributed by atoms with Gasteiger partial charge >= 0.3 is 0 Å². The summed E-state index contributed by atoms with van der Waals surface area (Å²) in [6.07, 6.45) is 1.47. The molecule has 5 heterocycles. The molecule has 7 rings (SSSR count). The van der Waals surface area contributed by atoms with E-state index in [1.807, 2.05) is 43.3 Å². The number of likely N-dealkylation sites (tertiary alicyclic amines) is 1. The predicted molar refractivity (Wildman–Crippen MR) is 187 cm³/mol. The molecule has 0 saturated carbocycles. The lowest BCUT2D eigenvalue weighted by Gasteiger charge is -2.26. The molecule has 14 nitrogen and oxygen atoms in total. The molecule has 0 bridgehead atoms. The molecule has 0 unspecified atom stereocenters. The van der Waals surface area contributed by atoms with Crippen molar-refractivity contribution in [2.24, 2.45) is 0 Å². The molecule has 2 aliphatic rings. The summed E-state index contributed by atoms with van der Waals surface area (Å²) in [5.74, 6) is 0.979. The highest BCUT2D eigenvalue weighted by Crippen LogP contribution is 2.43. The summed E-state index contributed by atoms with van der Waals surface area (Å²) in [5.41, 5.74) is 3.27. The molecule has 0 aliphatic carbocycles. The summed E-state index contributed by atoms with van der Waals surface area (Å²) in [6, 6.07) is 20.7. The van der Waals surface area contributed by atoms with Crippen LogP contribution in [0.4, 0.5) is 11.8 Å². The molecular formula is C35H39N9O5S. The van der Waals surface area contributed by atoms with Gasteiger partial charge in [0.25, 0.3) is 12.9 Å². The zero-order chi connectivity index (χ0) is 34.3. The molecule has 260 valence electrons. The van der Waals surface area contributed by atoms with Gasteiger partial charge < -0.3 is 29.7 Å². The van der Waals surface area contributed by atoms with E-state index in [9.17, 15) is 9.59 Å². The average Bonchev–Trinajstić information content (AvgIpc) is 3.87. The summed E-state index contributed by atoms with van der Waals surface area (Å²) >= 11 is 1.31. The first-order valence-electron chi connectivity index (χ1n) is 16.8. The van der Waals surface area contributed by atoms with Gasteiger partial charge in [-0.25, -0.2) is 4.98 Å². The van der Waals surface area contributed by atoms with Crippen LogP contribution in [-0.4, -0.2) is 92.5 Å². The number of imidazole rings is 1. The van der Waals surface area contributed by atoms with Crippen molar-refractivity contribution >= 4 is 47.2 Å². The molecule has 0 spiro atoms. The highest BCUT2D eigenvalue weighted by atomic mass is 32.1. The smallest absolute Gasteiger partial charge is 0.293 e. The Morgan fingerprint density at radius 1 is 0.920 bits per heavy atom. The second-order valence-electron chi connectivity index (χ2n) is 12.3. The molecule has 2 fully saturated rings. The van der Waals surface area contributed by atoms with Gasteiger partial charge in [0.15, 0.2) is 46.5 Å². The quantitative estimate of drug-likeness (QED) is 0.148. The Morgan fingerprint density at radius 3 is 2.28 bits per heavy atom. The standard InChI is InChI=1S/C35H39N9O5S/c1-23-41-42-33(50-23)29-28(47-21-45)30(48-22-46)34(49-29)44-20-38-27-31(39-35(40-32(27)44)36-15-18-43-16-9-4-10-17-43)37-19-26(24-11-5-2-6-12-24)25-13-7-3-8-14-25/h2-3,5-8,11-14,20-22,26,28-30,34H,4,9-10,15-19H2,1H3,(H2,36,37,39,40)/t28-,29+,30-,34-/m1/s1. The number of hydrogen-bond acceptors (Lipinski definition) is 14. The molecule has 3 aromatic heterocycles. The third kappa shape index (κ3) is 7.29. The second kappa shape index (κ2) is 15.7. The van der Waals surface area contributed by atoms with Crippen LogP contribution >= 0.6 is 11.3 Å². The third-order valence-electron chi connectivity index (χ3n) is 9.13. The number of nitrogens with one attached hydrogen (secondary N) is 2. The van der Waals surface area contributed by atoms with Gasteiger partial charge in [0.2, 0.25) is 5.95 Å². The molecule has 15 heteroatoms. The first kappa shape index (κ1) is 33.5. The Balaban J connectivity index is 1.24. The minimum Gasteiger partial charge on any atom is -0.457 e. The van der Waals surface area contributed by atoms with Gasteiger partial charge in [-0.3, -0.25) is 14.2 Å². The van der Waals surface area contributed by atoms with Crippen LogP contribution < -0.4 is 10.6 Å². The Bertz CT molecular complexity index is 1830. The fourth-order valence-corrected chi connectivity index (χ4v) is 7.49. The number of hydrogen-bond donors (Lipinski definition) is 2. The highest BCUT2D eigenvalue weighted by Gasteiger charge is 2.51.